The van der Waals surface area contributed by atoms with Crippen molar-refractivity contribution in [3.05, 3.63) is 52.7 Å². The molecule has 0 amide bonds. The largest absolute Gasteiger partial charge is 0.493 e. The van der Waals surface area contributed by atoms with Gasteiger partial charge in [-0.1, -0.05) is 12.1 Å². The minimum atomic E-state index is -0.170. The van der Waals surface area contributed by atoms with Crippen molar-refractivity contribution in [3.63, 3.8) is 0 Å². The molecule has 4 rings (SSSR count). The second-order valence-electron chi connectivity index (χ2n) is 8.00. The number of hydrogen-bond acceptors (Lipinski definition) is 7. The summed E-state index contributed by atoms with van der Waals surface area (Å²) in [6, 6.07) is 12.6. The fourth-order valence-corrected chi connectivity index (χ4v) is 3.96. The Balaban J connectivity index is 1.60. The lowest BCUT2D eigenvalue weighted by Gasteiger charge is -2.32. The minimum Gasteiger partial charge on any atom is -0.493 e. The number of hydrogen-bond donors (Lipinski definition) is 0. The predicted molar refractivity (Wildman–Crippen MR) is 125 cm³/mol. The van der Waals surface area contributed by atoms with E-state index in [0.29, 0.717) is 40.4 Å². The van der Waals surface area contributed by atoms with Gasteiger partial charge < -0.3 is 28.4 Å². The molecule has 32 heavy (non-hydrogen) atoms. The van der Waals surface area contributed by atoms with Crippen LogP contribution in [0.3, 0.4) is 0 Å². The van der Waals surface area contributed by atoms with E-state index in [9.17, 15) is 4.79 Å². The van der Waals surface area contributed by atoms with E-state index in [2.05, 4.69) is 16.8 Å². The second kappa shape index (κ2) is 10.1. The standard InChI is InChI=1S/C25H30N2O5/c1-26-12-14-27(15-13-26)11-6-16-31-25-23(28)19-7-4-5-8-20(19)32-24(25)18-9-10-21(29-2)22(17-18)30-3/h4-5,7-10,17H,6,11-16H2,1-3H3. The van der Waals surface area contributed by atoms with Crippen molar-refractivity contribution < 1.29 is 18.6 Å². The molecule has 1 aromatic heterocycles. The smallest absolute Gasteiger partial charge is 0.235 e. The molecule has 1 fully saturated rings. The fourth-order valence-electron chi connectivity index (χ4n) is 3.96. The van der Waals surface area contributed by atoms with Crippen LogP contribution in [0.1, 0.15) is 6.42 Å². The zero-order chi connectivity index (χ0) is 22.5. The Hall–Kier alpha value is -3.03. The Morgan fingerprint density at radius 2 is 1.72 bits per heavy atom. The molecule has 0 spiro atoms. The van der Waals surface area contributed by atoms with Crippen molar-refractivity contribution in [3.8, 4) is 28.6 Å². The summed E-state index contributed by atoms with van der Waals surface area (Å²) in [6.45, 7) is 5.67. The van der Waals surface area contributed by atoms with Crippen molar-refractivity contribution in [1.29, 1.82) is 0 Å². The van der Waals surface area contributed by atoms with E-state index in [-0.39, 0.29) is 11.2 Å². The van der Waals surface area contributed by atoms with Gasteiger partial charge in [0.2, 0.25) is 11.2 Å². The average molecular weight is 439 g/mol. The normalized spacial score (nSPS) is 15.1. The highest BCUT2D eigenvalue weighted by molar-refractivity contribution is 5.82. The van der Waals surface area contributed by atoms with E-state index in [1.165, 1.54) is 0 Å². The number of likely N-dealkylation sites (N-methyl/N-ethyl adjacent to an activating group) is 1. The molecule has 1 aliphatic rings. The molecule has 0 aliphatic carbocycles. The molecule has 0 bridgehead atoms. The maximum Gasteiger partial charge on any atom is 0.235 e. The minimum absolute atomic E-state index is 0.170. The van der Waals surface area contributed by atoms with E-state index in [1.807, 2.05) is 18.2 Å². The molecule has 2 aromatic carbocycles. The van der Waals surface area contributed by atoms with Gasteiger partial charge in [-0.15, -0.1) is 0 Å². The monoisotopic (exact) mass is 438 g/mol. The van der Waals surface area contributed by atoms with Gasteiger partial charge in [-0.05, 0) is 43.8 Å². The Morgan fingerprint density at radius 1 is 0.969 bits per heavy atom. The number of fused-ring (bicyclic) bond motifs is 1. The summed E-state index contributed by atoms with van der Waals surface area (Å²) in [5.74, 6) is 1.79. The van der Waals surface area contributed by atoms with E-state index in [4.69, 9.17) is 18.6 Å². The molecule has 0 radical (unpaired) electrons. The molecule has 1 saturated heterocycles. The van der Waals surface area contributed by atoms with Crippen LogP contribution >= 0.6 is 0 Å². The van der Waals surface area contributed by atoms with Crippen LogP contribution in [0, 0.1) is 0 Å². The number of nitrogens with zero attached hydrogens (tertiary/aromatic N) is 2. The van der Waals surface area contributed by atoms with Gasteiger partial charge in [0.15, 0.2) is 17.3 Å². The lowest BCUT2D eigenvalue weighted by Crippen LogP contribution is -2.44. The Labute approximate surface area is 188 Å². The first-order valence-electron chi connectivity index (χ1n) is 10.9. The molecule has 3 aromatic rings. The van der Waals surface area contributed by atoms with Crippen molar-refractivity contribution in [2.24, 2.45) is 0 Å². The maximum atomic E-state index is 13.3. The molecule has 170 valence electrons. The number of rotatable bonds is 8. The highest BCUT2D eigenvalue weighted by Crippen LogP contribution is 2.36. The quantitative estimate of drug-likeness (QED) is 0.499. The number of benzene rings is 2. The summed E-state index contributed by atoms with van der Waals surface area (Å²) in [6.07, 6.45) is 0.835. The predicted octanol–water partition coefficient (Wildman–Crippen LogP) is 3.49. The topological polar surface area (TPSA) is 64.4 Å². The van der Waals surface area contributed by atoms with Crippen molar-refractivity contribution in [2.45, 2.75) is 6.42 Å². The Kier molecular flexibility index (Phi) is 6.97. The molecular formula is C25H30N2O5. The summed E-state index contributed by atoms with van der Waals surface area (Å²) >= 11 is 0. The van der Waals surface area contributed by atoms with Gasteiger partial charge in [-0.3, -0.25) is 4.79 Å². The molecule has 0 atom stereocenters. The van der Waals surface area contributed by atoms with Crippen LogP contribution in [0.5, 0.6) is 17.2 Å². The third kappa shape index (κ3) is 4.74. The van der Waals surface area contributed by atoms with Crippen LogP contribution in [0.4, 0.5) is 0 Å². The summed E-state index contributed by atoms with van der Waals surface area (Å²) in [5, 5.41) is 0.505. The number of para-hydroxylation sites is 1. The second-order valence-corrected chi connectivity index (χ2v) is 8.00. The summed E-state index contributed by atoms with van der Waals surface area (Å²) in [7, 11) is 5.31. The van der Waals surface area contributed by atoms with Gasteiger partial charge in [0.25, 0.3) is 0 Å². The van der Waals surface area contributed by atoms with Gasteiger partial charge in [0, 0.05) is 38.3 Å². The molecule has 0 unspecified atom stereocenters. The van der Waals surface area contributed by atoms with Crippen LogP contribution in [0.25, 0.3) is 22.3 Å². The third-order valence-electron chi connectivity index (χ3n) is 5.86. The molecule has 0 saturated carbocycles. The first kappa shape index (κ1) is 22.2. The van der Waals surface area contributed by atoms with Gasteiger partial charge in [-0.2, -0.15) is 0 Å². The molecule has 7 heteroatoms. The zero-order valence-electron chi connectivity index (χ0n) is 18.9. The summed E-state index contributed by atoms with van der Waals surface area (Å²) < 4.78 is 23.0. The van der Waals surface area contributed by atoms with E-state index in [0.717, 1.165) is 39.1 Å². The van der Waals surface area contributed by atoms with Crippen LogP contribution in [-0.2, 0) is 0 Å². The van der Waals surface area contributed by atoms with Crippen LogP contribution < -0.4 is 19.6 Å². The van der Waals surface area contributed by atoms with E-state index >= 15 is 0 Å². The number of piperazine rings is 1. The Bertz CT molecular complexity index is 1120. The lowest BCUT2D eigenvalue weighted by molar-refractivity contribution is 0.145. The van der Waals surface area contributed by atoms with Crippen LogP contribution in [0.15, 0.2) is 51.7 Å². The van der Waals surface area contributed by atoms with Gasteiger partial charge in [0.1, 0.15) is 5.58 Å². The number of ether oxygens (including phenoxy) is 3. The average Bonchev–Trinajstić information content (AvgIpc) is 2.83. The SMILES string of the molecule is COc1ccc(-c2oc3ccccc3c(=O)c2OCCCN2CCN(C)CC2)cc1OC. The fraction of sp³-hybridized carbons (Fsp3) is 0.400. The molecule has 2 heterocycles. The highest BCUT2D eigenvalue weighted by atomic mass is 16.5. The molecular weight excluding hydrogens is 408 g/mol. The zero-order valence-corrected chi connectivity index (χ0v) is 18.9. The van der Waals surface area contributed by atoms with E-state index < -0.39 is 0 Å². The summed E-state index contributed by atoms with van der Waals surface area (Å²) in [4.78, 5) is 18.0. The maximum absolute atomic E-state index is 13.3. The van der Waals surface area contributed by atoms with Crippen molar-refractivity contribution in [2.75, 3.05) is 60.6 Å². The van der Waals surface area contributed by atoms with Crippen LogP contribution in [0.2, 0.25) is 0 Å². The van der Waals surface area contributed by atoms with Gasteiger partial charge in [0.05, 0.1) is 26.2 Å². The highest BCUT2D eigenvalue weighted by Gasteiger charge is 2.20. The molecule has 0 N–H and O–H groups in total. The third-order valence-corrected chi connectivity index (χ3v) is 5.86. The van der Waals surface area contributed by atoms with Crippen molar-refractivity contribution >= 4 is 11.0 Å². The Morgan fingerprint density at radius 3 is 2.47 bits per heavy atom. The number of methoxy groups -OCH3 is 2. The van der Waals surface area contributed by atoms with Crippen molar-refractivity contribution in [1.82, 2.24) is 9.80 Å². The van der Waals surface area contributed by atoms with Gasteiger partial charge >= 0.3 is 0 Å². The lowest BCUT2D eigenvalue weighted by atomic mass is 10.1. The van der Waals surface area contributed by atoms with Gasteiger partial charge in [-0.25, -0.2) is 0 Å². The van der Waals surface area contributed by atoms with E-state index in [1.54, 1.807) is 38.5 Å². The summed E-state index contributed by atoms with van der Waals surface area (Å²) in [5.41, 5.74) is 1.04. The molecule has 7 nitrogen and oxygen atoms in total. The first-order valence-corrected chi connectivity index (χ1v) is 10.9. The van der Waals surface area contributed by atoms with Crippen LogP contribution in [-0.4, -0.2) is 70.4 Å². The molecule has 1 aliphatic heterocycles. The first-order chi connectivity index (χ1) is 15.6.